The molecule has 4 rings (SSSR count). The van der Waals surface area contributed by atoms with Crippen LogP contribution in [0.3, 0.4) is 0 Å². The second-order valence-electron chi connectivity index (χ2n) is 7.65. The van der Waals surface area contributed by atoms with E-state index in [-0.39, 0.29) is 5.91 Å². The summed E-state index contributed by atoms with van der Waals surface area (Å²) in [5.74, 6) is 0.208. The first-order valence-electron chi connectivity index (χ1n) is 10.5. The van der Waals surface area contributed by atoms with Crippen molar-refractivity contribution in [1.29, 1.82) is 0 Å². The number of amides is 1. The summed E-state index contributed by atoms with van der Waals surface area (Å²) in [6.45, 7) is 3.81. The van der Waals surface area contributed by atoms with Gasteiger partial charge in [0, 0.05) is 49.7 Å². The van der Waals surface area contributed by atoms with Crippen LogP contribution in [0.2, 0.25) is 0 Å². The molecule has 0 aromatic heterocycles. The molecule has 1 saturated heterocycles. The van der Waals surface area contributed by atoms with Crippen molar-refractivity contribution in [3.8, 4) is 0 Å². The van der Waals surface area contributed by atoms with Crippen LogP contribution in [0, 0.1) is 0 Å². The third kappa shape index (κ3) is 4.88. The van der Waals surface area contributed by atoms with E-state index in [0.717, 1.165) is 50.4 Å². The number of rotatable bonds is 6. The molecule has 0 aliphatic carbocycles. The van der Waals surface area contributed by atoms with Crippen molar-refractivity contribution in [1.82, 2.24) is 5.32 Å². The number of hydrogen-bond acceptors (Lipinski definition) is 3. The number of benzene rings is 2. The van der Waals surface area contributed by atoms with Gasteiger partial charge >= 0.3 is 0 Å². The molecule has 1 fully saturated rings. The Hall–Kier alpha value is -2.60. The van der Waals surface area contributed by atoms with E-state index in [1.807, 2.05) is 29.2 Å². The Bertz CT molecular complexity index is 867. The lowest BCUT2D eigenvalue weighted by Gasteiger charge is -2.31. The Kier molecular flexibility index (Phi) is 6.30. The minimum atomic E-state index is 0.208. The van der Waals surface area contributed by atoms with Crippen molar-refractivity contribution in [2.45, 2.75) is 32.1 Å². The average molecular weight is 409 g/mol. The van der Waals surface area contributed by atoms with Gasteiger partial charge in [-0.05, 0) is 73.8 Å². The van der Waals surface area contributed by atoms with E-state index < -0.39 is 0 Å². The third-order valence-corrected chi connectivity index (χ3v) is 5.85. The number of carbonyl (C=O) groups is 1. The van der Waals surface area contributed by atoms with Gasteiger partial charge in [0.2, 0.25) is 5.91 Å². The minimum Gasteiger partial charge on any atom is -0.371 e. The second kappa shape index (κ2) is 9.27. The summed E-state index contributed by atoms with van der Waals surface area (Å²) >= 11 is 5.43. The van der Waals surface area contributed by atoms with Crippen molar-refractivity contribution in [2.24, 2.45) is 0 Å². The van der Waals surface area contributed by atoms with Crippen LogP contribution >= 0.6 is 12.2 Å². The van der Waals surface area contributed by atoms with E-state index in [0.29, 0.717) is 11.5 Å². The van der Waals surface area contributed by atoms with Crippen LogP contribution in [0.5, 0.6) is 0 Å². The van der Waals surface area contributed by atoms with Crippen LogP contribution < -0.4 is 20.4 Å². The Morgan fingerprint density at radius 2 is 1.79 bits per heavy atom. The molecule has 0 unspecified atom stereocenters. The molecule has 2 aromatic carbocycles. The first-order valence-corrected chi connectivity index (χ1v) is 10.9. The summed E-state index contributed by atoms with van der Waals surface area (Å²) in [5, 5.41) is 7.16. The molecule has 0 saturated carbocycles. The molecule has 29 heavy (non-hydrogen) atoms. The van der Waals surface area contributed by atoms with E-state index in [1.54, 1.807) is 0 Å². The van der Waals surface area contributed by atoms with Crippen LogP contribution in [-0.4, -0.2) is 37.2 Å². The van der Waals surface area contributed by atoms with Crippen molar-refractivity contribution in [3.05, 3.63) is 54.1 Å². The number of carbonyl (C=O) groups excluding carboxylic acids is 1. The Morgan fingerprint density at radius 3 is 2.59 bits per heavy atom. The highest BCUT2D eigenvalue weighted by Gasteiger charge is 2.21. The summed E-state index contributed by atoms with van der Waals surface area (Å²) in [7, 11) is 0. The molecule has 2 aromatic rings. The fourth-order valence-electron chi connectivity index (χ4n) is 4.14. The first-order chi connectivity index (χ1) is 14.2. The third-order valence-electron chi connectivity index (χ3n) is 5.61. The highest BCUT2D eigenvalue weighted by molar-refractivity contribution is 7.80. The molecule has 2 aliphatic rings. The lowest BCUT2D eigenvalue weighted by atomic mass is 10.0. The van der Waals surface area contributed by atoms with Crippen LogP contribution in [0.1, 0.15) is 31.2 Å². The Labute approximate surface area is 178 Å². The molecule has 6 heteroatoms. The Morgan fingerprint density at radius 1 is 1.00 bits per heavy atom. The van der Waals surface area contributed by atoms with Gasteiger partial charge in [-0.1, -0.05) is 18.2 Å². The van der Waals surface area contributed by atoms with Gasteiger partial charge in [0.25, 0.3) is 0 Å². The molecule has 2 N–H and O–H groups in total. The van der Waals surface area contributed by atoms with Gasteiger partial charge in [0.1, 0.15) is 0 Å². The summed E-state index contributed by atoms with van der Waals surface area (Å²) < 4.78 is 0. The molecule has 0 spiro atoms. The van der Waals surface area contributed by atoms with Gasteiger partial charge in [0.05, 0.1) is 0 Å². The topological polar surface area (TPSA) is 47.6 Å². The van der Waals surface area contributed by atoms with E-state index in [4.69, 9.17) is 12.2 Å². The zero-order valence-corrected chi connectivity index (χ0v) is 17.5. The zero-order valence-electron chi connectivity index (χ0n) is 16.7. The number of hydrogen-bond donors (Lipinski definition) is 2. The zero-order chi connectivity index (χ0) is 20.1. The van der Waals surface area contributed by atoms with Gasteiger partial charge in [0.15, 0.2) is 5.11 Å². The highest BCUT2D eigenvalue weighted by Crippen LogP contribution is 2.26. The summed E-state index contributed by atoms with van der Waals surface area (Å²) in [5.41, 5.74) is 4.74. The largest absolute Gasteiger partial charge is 0.371 e. The first kappa shape index (κ1) is 19.7. The van der Waals surface area contributed by atoms with Crippen molar-refractivity contribution in [3.63, 3.8) is 0 Å². The fourth-order valence-corrected chi connectivity index (χ4v) is 4.36. The number of anilines is 3. The van der Waals surface area contributed by atoms with Gasteiger partial charge in [-0.15, -0.1) is 0 Å². The minimum absolute atomic E-state index is 0.208. The molecular formula is C23H28N4OS. The van der Waals surface area contributed by atoms with Crippen LogP contribution in [0.4, 0.5) is 17.1 Å². The predicted molar refractivity (Wildman–Crippen MR) is 124 cm³/mol. The summed E-state index contributed by atoms with van der Waals surface area (Å²) in [6.07, 6.45) is 5.03. The van der Waals surface area contributed by atoms with Gasteiger partial charge in [-0.3, -0.25) is 4.79 Å². The molecular weight excluding hydrogens is 380 g/mol. The van der Waals surface area contributed by atoms with Gasteiger partial charge in [-0.2, -0.15) is 0 Å². The van der Waals surface area contributed by atoms with E-state index >= 15 is 0 Å². The molecule has 0 atom stereocenters. The lowest BCUT2D eigenvalue weighted by molar-refractivity contribution is -0.117. The van der Waals surface area contributed by atoms with Crippen molar-refractivity contribution < 1.29 is 4.79 Å². The predicted octanol–water partition coefficient (Wildman–Crippen LogP) is 3.94. The molecule has 1 amide bonds. The van der Waals surface area contributed by atoms with E-state index in [9.17, 15) is 4.79 Å². The lowest BCUT2D eigenvalue weighted by Crippen LogP contribution is -2.34. The molecule has 2 aliphatic heterocycles. The number of nitrogens with one attached hydrogen (secondary N) is 2. The monoisotopic (exact) mass is 408 g/mol. The number of thiocarbonyl (C=S) groups is 1. The quantitative estimate of drug-likeness (QED) is 0.560. The number of para-hydroxylation sites is 1. The SMILES string of the molecule is O=C1CCCN1c1ccc(NC(=S)NCCCN2CCCc3ccccc32)cc1. The van der Waals surface area contributed by atoms with E-state index in [2.05, 4.69) is 39.8 Å². The smallest absolute Gasteiger partial charge is 0.227 e. The fraction of sp³-hybridized carbons (Fsp3) is 0.391. The average Bonchev–Trinajstić information content (AvgIpc) is 3.18. The molecule has 5 nitrogen and oxygen atoms in total. The van der Waals surface area contributed by atoms with Crippen LogP contribution in [0.15, 0.2) is 48.5 Å². The molecule has 0 radical (unpaired) electrons. The maximum atomic E-state index is 11.8. The van der Waals surface area contributed by atoms with E-state index in [1.165, 1.54) is 24.1 Å². The van der Waals surface area contributed by atoms with Crippen molar-refractivity contribution in [2.75, 3.05) is 41.3 Å². The summed E-state index contributed by atoms with van der Waals surface area (Å²) in [6, 6.07) is 16.6. The standard InChI is InChI=1S/C23H28N4OS/c28-22-9-4-17-27(22)20-12-10-19(11-13-20)25-23(29)24-14-5-16-26-15-3-7-18-6-1-2-8-21(18)26/h1-2,6,8,10-13H,3-5,7,9,14-17H2,(H2,24,25,29). The Balaban J connectivity index is 1.20. The highest BCUT2D eigenvalue weighted by atomic mass is 32.1. The number of aryl methyl sites for hydroxylation is 1. The number of fused-ring (bicyclic) bond motifs is 1. The van der Waals surface area contributed by atoms with Gasteiger partial charge < -0.3 is 20.4 Å². The van der Waals surface area contributed by atoms with Crippen LogP contribution in [-0.2, 0) is 11.2 Å². The molecule has 152 valence electrons. The van der Waals surface area contributed by atoms with Crippen LogP contribution in [0.25, 0.3) is 0 Å². The van der Waals surface area contributed by atoms with Crippen molar-refractivity contribution >= 4 is 40.3 Å². The number of nitrogens with zero attached hydrogens (tertiary/aromatic N) is 2. The second-order valence-corrected chi connectivity index (χ2v) is 8.06. The normalized spacial score (nSPS) is 15.9. The maximum Gasteiger partial charge on any atom is 0.227 e. The molecule has 0 bridgehead atoms. The van der Waals surface area contributed by atoms with Gasteiger partial charge in [-0.25, -0.2) is 0 Å². The summed E-state index contributed by atoms with van der Waals surface area (Å²) in [4.78, 5) is 16.2. The maximum absolute atomic E-state index is 11.8. The molecule has 2 heterocycles.